The Morgan fingerprint density at radius 1 is 1.06 bits per heavy atom. The standard InChI is InChI=1S/C26H21F3N6O/c1-2-34-15-22(20-10-12-31-24-21(20)11-13-32-24)23(33-34)16-4-3-5-19(14-16)35(25(30)36)18-8-6-17(7-9-18)26(27,28)29/h3-15H,2H2,1H3,(H2,30,36)(H,31,32). The van der Waals surface area contributed by atoms with Gasteiger partial charge in [-0.3, -0.25) is 9.58 Å². The van der Waals surface area contributed by atoms with E-state index in [1.54, 1.807) is 24.4 Å². The first-order chi connectivity index (χ1) is 17.3. The van der Waals surface area contributed by atoms with Crippen LogP contribution < -0.4 is 10.6 Å². The number of carbonyl (C=O) groups excluding carboxylic acids is 1. The van der Waals surface area contributed by atoms with Crippen molar-refractivity contribution in [2.24, 2.45) is 5.73 Å². The van der Waals surface area contributed by atoms with Gasteiger partial charge in [-0.1, -0.05) is 12.1 Å². The monoisotopic (exact) mass is 490 g/mol. The number of alkyl halides is 3. The van der Waals surface area contributed by atoms with E-state index in [9.17, 15) is 18.0 Å². The number of H-pyrrole nitrogens is 1. The zero-order valence-corrected chi connectivity index (χ0v) is 19.1. The number of halogens is 3. The van der Waals surface area contributed by atoms with Gasteiger partial charge < -0.3 is 10.7 Å². The highest BCUT2D eigenvalue weighted by atomic mass is 19.4. The van der Waals surface area contributed by atoms with Crippen molar-refractivity contribution in [1.82, 2.24) is 19.7 Å². The number of hydrogen-bond acceptors (Lipinski definition) is 3. The van der Waals surface area contributed by atoms with Crippen molar-refractivity contribution in [3.63, 3.8) is 0 Å². The van der Waals surface area contributed by atoms with Gasteiger partial charge in [-0.2, -0.15) is 18.3 Å². The highest BCUT2D eigenvalue weighted by Gasteiger charge is 2.30. The fraction of sp³-hybridized carbons (Fsp3) is 0.115. The smallest absolute Gasteiger partial charge is 0.351 e. The second kappa shape index (κ2) is 8.88. The fourth-order valence-corrected chi connectivity index (χ4v) is 4.18. The number of nitrogens with zero attached hydrogens (tertiary/aromatic N) is 4. The van der Waals surface area contributed by atoms with Gasteiger partial charge in [0.2, 0.25) is 0 Å². The maximum atomic E-state index is 13.0. The van der Waals surface area contributed by atoms with E-state index in [2.05, 4.69) is 9.97 Å². The second-order valence-electron chi connectivity index (χ2n) is 8.11. The van der Waals surface area contributed by atoms with Crippen LogP contribution in [0.25, 0.3) is 33.4 Å². The molecule has 0 bridgehead atoms. The maximum Gasteiger partial charge on any atom is 0.416 e. The lowest BCUT2D eigenvalue weighted by molar-refractivity contribution is -0.137. The van der Waals surface area contributed by atoms with Crippen LogP contribution in [0.5, 0.6) is 0 Å². The van der Waals surface area contributed by atoms with Crippen LogP contribution in [0.15, 0.2) is 79.3 Å². The quantitative estimate of drug-likeness (QED) is 0.301. The van der Waals surface area contributed by atoms with Crippen LogP contribution in [0, 0.1) is 0 Å². The van der Waals surface area contributed by atoms with Crippen LogP contribution in [0.3, 0.4) is 0 Å². The Balaban J connectivity index is 1.60. The van der Waals surface area contributed by atoms with Crippen LogP contribution in [-0.2, 0) is 12.7 Å². The molecule has 0 atom stereocenters. The number of pyridine rings is 1. The summed E-state index contributed by atoms with van der Waals surface area (Å²) < 4.78 is 40.8. The third-order valence-corrected chi connectivity index (χ3v) is 5.89. The summed E-state index contributed by atoms with van der Waals surface area (Å²) in [6, 6.07) is 14.3. The molecule has 5 rings (SSSR count). The predicted molar refractivity (Wildman–Crippen MR) is 132 cm³/mol. The minimum atomic E-state index is -4.48. The minimum Gasteiger partial charge on any atom is -0.351 e. The second-order valence-corrected chi connectivity index (χ2v) is 8.11. The van der Waals surface area contributed by atoms with Gasteiger partial charge >= 0.3 is 12.2 Å². The number of aromatic nitrogens is 4. The molecule has 10 heteroatoms. The summed E-state index contributed by atoms with van der Waals surface area (Å²) in [7, 11) is 0. The molecule has 182 valence electrons. The molecule has 0 unspecified atom stereocenters. The van der Waals surface area contributed by atoms with E-state index in [0.29, 0.717) is 23.5 Å². The normalized spacial score (nSPS) is 11.7. The van der Waals surface area contributed by atoms with Crippen molar-refractivity contribution in [1.29, 1.82) is 0 Å². The largest absolute Gasteiger partial charge is 0.416 e. The number of hydrogen-bond donors (Lipinski definition) is 2. The van der Waals surface area contributed by atoms with Crippen molar-refractivity contribution >= 4 is 28.4 Å². The molecule has 0 saturated carbocycles. The number of anilines is 2. The lowest BCUT2D eigenvalue weighted by Crippen LogP contribution is -2.31. The summed E-state index contributed by atoms with van der Waals surface area (Å²) in [5.41, 5.74) is 9.42. The first kappa shape index (κ1) is 23.2. The number of nitrogens with two attached hydrogens (primary N) is 1. The number of fused-ring (bicyclic) bond motifs is 1. The molecule has 3 heterocycles. The number of benzene rings is 2. The summed E-state index contributed by atoms with van der Waals surface area (Å²) in [6.07, 6.45) is 1.01. The number of primary amides is 1. The Morgan fingerprint density at radius 3 is 2.53 bits per heavy atom. The highest BCUT2D eigenvalue weighted by Crippen LogP contribution is 2.37. The van der Waals surface area contributed by atoms with Crippen LogP contribution >= 0.6 is 0 Å². The molecular formula is C26H21F3N6O. The van der Waals surface area contributed by atoms with Crippen molar-refractivity contribution in [2.75, 3.05) is 4.90 Å². The van der Waals surface area contributed by atoms with E-state index >= 15 is 0 Å². The van der Waals surface area contributed by atoms with Gasteiger partial charge in [-0.05, 0) is 61.0 Å². The average molecular weight is 490 g/mol. The third-order valence-electron chi connectivity index (χ3n) is 5.89. The summed E-state index contributed by atoms with van der Waals surface area (Å²) in [5, 5.41) is 5.69. The first-order valence-electron chi connectivity index (χ1n) is 11.1. The highest BCUT2D eigenvalue weighted by molar-refractivity contribution is 6.00. The SMILES string of the molecule is CCn1cc(-c2ccnc3[nH]ccc23)c(-c2cccc(N(C(N)=O)c3ccc(C(F)(F)F)cc3)c2)n1. The molecule has 2 aromatic carbocycles. The number of rotatable bonds is 5. The molecule has 36 heavy (non-hydrogen) atoms. The van der Waals surface area contributed by atoms with Gasteiger partial charge in [-0.15, -0.1) is 0 Å². The molecule has 0 aliphatic heterocycles. The van der Waals surface area contributed by atoms with E-state index in [1.165, 1.54) is 12.1 Å². The van der Waals surface area contributed by atoms with Gasteiger partial charge in [0.05, 0.1) is 16.9 Å². The van der Waals surface area contributed by atoms with E-state index in [1.807, 2.05) is 42.2 Å². The minimum absolute atomic E-state index is 0.218. The first-order valence-corrected chi connectivity index (χ1v) is 11.1. The maximum absolute atomic E-state index is 13.0. The van der Waals surface area contributed by atoms with Gasteiger partial charge in [0.15, 0.2) is 0 Å². The molecule has 0 spiro atoms. The molecule has 0 fully saturated rings. The summed E-state index contributed by atoms with van der Waals surface area (Å²) in [6.45, 7) is 2.63. The molecule has 3 aromatic heterocycles. The van der Waals surface area contributed by atoms with Crippen molar-refractivity contribution in [3.05, 3.63) is 84.8 Å². The zero-order valence-electron chi connectivity index (χ0n) is 19.1. The van der Waals surface area contributed by atoms with Crippen molar-refractivity contribution in [2.45, 2.75) is 19.6 Å². The Labute approximate surface area is 204 Å². The number of aromatic amines is 1. The number of urea groups is 1. The Kier molecular flexibility index (Phi) is 5.71. The topological polar surface area (TPSA) is 92.8 Å². The van der Waals surface area contributed by atoms with E-state index in [0.717, 1.165) is 39.2 Å². The number of carbonyl (C=O) groups is 1. The van der Waals surface area contributed by atoms with Gasteiger partial charge in [-0.25, -0.2) is 9.78 Å². The van der Waals surface area contributed by atoms with Crippen LogP contribution in [-0.4, -0.2) is 25.8 Å². The molecule has 2 amide bonds. The molecule has 3 N–H and O–H groups in total. The van der Waals surface area contributed by atoms with Crippen LogP contribution in [0.2, 0.25) is 0 Å². The summed E-state index contributed by atoms with van der Waals surface area (Å²) in [5.74, 6) is 0. The van der Waals surface area contributed by atoms with Gasteiger partial charge in [0.1, 0.15) is 11.3 Å². The Morgan fingerprint density at radius 2 is 1.83 bits per heavy atom. The Bertz CT molecular complexity index is 1550. The number of aryl methyl sites for hydroxylation is 1. The Hall–Kier alpha value is -4.60. The molecule has 0 aliphatic rings. The molecule has 0 aliphatic carbocycles. The predicted octanol–water partition coefficient (Wildman–Crippen LogP) is 6.35. The number of amides is 2. The van der Waals surface area contributed by atoms with Gasteiger partial charge in [0.25, 0.3) is 0 Å². The van der Waals surface area contributed by atoms with E-state index < -0.39 is 17.8 Å². The van der Waals surface area contributed by atoms with Crippen molar-refractivity contribution in [3.8, 4) is 22.4 Å². The van der Waals surface area contributed by atoms with Crippen molar-refractivity contribution < 1.29 is 18.0 Å². The fourth-order valence-electron chi connectivity index (χ4n) is 4.18. The molecule has 0 saturated heterocycles. The zero-order chi connectivity index (χ0) is 25.4. The van der Waals surface area contributed by atoms with Gasteiger partial charge in [0, 0.05) is 41.6 Å². The van der Waals surface area contributed by atoms with Crippen LogP contribution in [0.1, 0.15) is 12.5 Å². The molecule has 7 nitrogen and oxygen atoms in total. The van der Waals surface area contributed by atoms with Crippen LogP contribution in [0.4, 0.5) is 29.3 Å². The number of nitrogens with one attached hydrogen (secondary N) is 1. The summed E-state index contributed by atoms with van der Waals surface area (Å²) >= 11 is 0. The lowest BCUT2D eigenvalue weighted by atomic mass is 10.00. The summed E-state index contributed by atoms with van der Waals surface area (Å²) in [4.78, 5) is 21.0. The lowest BCUT2D eigenvalue weighted by Gasteiger charge is -2.22. The van der Waals surface area contributed by atoms with E-state index in [-0.39, 0.29) is 5.69 Å². The molecule has 0 radical (unpaired) electrons. The molecular weight excluding hydrogens is 469 g/mol. The third kappa shape index (κ3) is 4.17. The average Bonchev–Trinajstić information content (AvgIpc) is 3.51. The van der Waals surface area contributed by atoms with E-state index in [4.69, 9.17) is 10.8 Å². The molecule has 5 aromatic rings.